The standard InChI is InChI=1S/C16H25N5O4/c1-4-11(9-14(22)25-3)7-8-21(2)13-6-5-12(10-18-13)19-15(23)16(24)20-17/h5-6,10-11H,4,7-9,17H2,1-3H3,(H,19,23)(H,20,24). The summed E-state index contributed by atoms with van der Waals surface area (Å²) in [4.78, 5) is 40.0. The molecule has 0 radical (unpaired) electrons. The molecule has 1 atom stereocenters. The number of amides is 2. The molecule has 1 aromatic heterocycles. The SMILES string of the molecule is CCC(CCN(C)c1ccc(NC(=O)C(=O)NN)cn1)CC(=O)OC. The highest BCUT2D eigenvalue weighted by Gasteiger charge is 2.15. The third-order valence-corrected chi connectivity index (χ3v) is 3.87. The van der Waals surface area contributed by atoms with Crippen LogP contribution < -0.4 is 21.5 Å². The van der Waals surface area contributed by atoms with Crippen molar-refractivity contribution in [2.24, 2.45) is 11.8 Å². The fraction of sp³-hybridized carbons (Fsp3) is 0.500. The number of nitrogens with zero attached hydrogens (tertiary/aromatic N) is 2. The quantitative estimate of drug-likeness (QED) is 0.204. The molecule has 9 nitrogen and oxygen atoms in total. The number of hydrogen-bond donors (Lipinski definition) is 3. The number of esters is 1. The molecule has 9 heteroatoms. The lowest BCUT2D eigenvalue weighted by Gasteiger charge is -2.21. The molecular formula is C16H25N5O4. The van der Waals surface area contributed by atoms with Crippen molar-refractivity contribution in [2.45, 2.75) is 26.2 Å². The predicted octanol–water partition coefficient (Wildman–Crippen LogP) is 0.426. The summed E-state index contributed by atoms with van der Waals surface area (Å²) in [6.07, 6.45) is 3.59. The Labute approximate surface area is 146 Å². The largest absolute Gasteiger partial charge is 0.469 e. The zero-order valence-corrected chi connectivity index (χ0v) is 14.7. The van der Waals surface area contributed by atoms with Crippen LogP contribution in [0.25, 0.3) is 0 Å². The van der Waals surface area contributed by atoms with Crippen molar-refractivity contribution in [3.05, 3.63) is 18.3 Å². The van der Waals surface area contributed by atoms with Crippen LogP contribution >= 0.6 is 0 Å². The molecule has 1 heterocycles. The van der Waals surface area contributed by atoms with Gasteiger partial charge in [-0.2, -0.15) is 0 Å². The molecular weight excluding hydrogens is 326 g/mol. The molecule has 25 heavy (non-hydrogen) atoms. The van der Waals surface area contributed by atoms with Crippen molar-refractivity contribution >= 4 is 29.3 Å². The van der Waals surface area contributed by atoms with Gasteiger partial charge in [-0.3, -0.25) is 19.8 Å². The van der Waals surface area contributed by atoms with Gasteiger partial charge < -0.3 is 15.0 Å². The summed E-state index contributed by atoms with van der Waals surface area (Å²) < 4.78 is 4.71. The minimum atomic E-state index is -0.933. The summed E-state index contributed by atoms with van der Waals surface area (Å²) >= 11 is 0. The Morgan fingerprint density at radius 2 is 2.04 bits per heavy atom. The molecule has 0 aliphatic carbocycles. The van der Waals surface area contributed by atoms with E-state index < -0.39 is 11.8 Å². The van der Waals surface area contributed by atoms with Gasteiger partial charge in [-0.15, -0.1) is 0 Å². The van der Waals surface area contributed by atoms with E-state index >= 15 is 0 Å². The van der Waals surface area contributed by atoms with Crippen molar-refractivity contribution in [3.63, 3.8) is 0 Å². The van der Waals surface area contributed by atoms with Crippen LogP contribution in [0.3, 0.4) is 0 Å². The number of carbonyl (C=O) groups is 3. The van der Waals surface area contributed by atoms with Crippen LogP contribution in [0.2, 0.25) is 0 Å². The molecule has 1 rings (SSSR count). The Morgan fingerprint density at radius 1 is 1.32 bits per heavy atom. The Morgan fingerprint density at radius 3 is 2.56 bits per heavy atom. The van der Waals surface area contributed by atoms with Crippen molar-refractivity contribution < 1.29 is 19.1 Å². The summed E-state index contributed by atoms with van der Waals surface area (Å²) in [5.41, 5.74) is 2.14. The van der Waals surface area contributed by atoms with Crippen LogP contribution in [0, 0.1) is 5.92 Å². The van der Waals surface area contributed by atoms with Crippen LogP contribution in [0.5, 0.6) is 0 Å². The highest BCUT2D eigenvalue weighted by atomic mass is 16.5. The van der Waals surface area contributed by atoms with E-state index in [1.54, 1.807) is 17.6 Å². The van der Waals surface area contributed by atoms with E-state index in [1.807, 2.05) is 18.9 Å². The highest BCUT2D eigenvalue weighted by molar-refractivity contribution is 6.39. The van der Waals surface area contributed by atoms with Crippen LogP contribution in [-0.4, -0.2) is 43.5 Å². The number of pyridine rings is 1. The fourth-order valence-electron chi connectivity index (χ4n) is 2.20. The first-order chi connectivity index (χ1) is 11.9. The number of aromatic nitrogens is 1. The summed E-state index contributed by atoms with van der Waals surface area (Å²) in [6, 6.07) is 3.38. The normalized spacial score (nSPS) is 11.4. The third kappa shape index (κ3) is 6.76. The van der Waals surface area contributed by atoms with Crippen molar-refractivity contribution in [3.8, 4) is 0 Å². The smallest absolute Gasteiger partial charge is 0.323 e. The Kier molecular flexibility index (Phi) is 8.34. The number of nitrogens with one attached hydrogen (secondary N) is 2. The molecule has 0 saturated carbocycles. The second-order valence-corrected chi connectivity index (χ2v) is 5.60. The zero-order chi connectivity index (χ0) is 18.8. The van der Waals surface area contributed by atoms with E-state index in [2.05, 4.69) is 10.3 Å². The summed E-state index contributed by atoms with van der Waals surface area (Å²) in [7, 11) is 3.29. The minimum absolute atomic E-state index is 0.200. The molecule has 0 aromatic carbocycles. The van der Waals surface area contributed by atoms with Gasteiger partial charge in [0.25, 0.3) is 0 Å². The van der Waals surface area contributed by atoms with Gasteiger partial charge in [0.05, 0.1) is 19.0 Å². The summed E-state index contributed by atoms with van der Waals surface area (Å²) in [5.74, 6) is 3.86. The van der Waals surface area contributed by atoms with E-state index in [1.165, 1.54) is 13.3 Å². The first-order valence-electron chi connectivity index (χ1n) is 7.97. The van der Waals surface area contributed by atoms with E-state index in [4.69, 9.17) is 10.6 Å². The van der Waals surface area contributed by atoms with Gasteiger partial charge in [-0.1, -0.05) is 13.3 Å². The molecule has 0 aliphatic heterocycles. The zero-order valence-electron chi connectivity index (χ0n) is 14.7. The van der Waals surface area contributed by atoms with Crippen LogP contribution in [-0.2, 0) is 19.1 Å². The molecule has 2 amide bonds. The van der Waals surface area contributed by atoms with E-state index in [9.17, 15) is 14.4 Å². The van der Waals surface area contributed by atoms with Crippen molar-refractivity contribution in [1.82, 2.24) is 10.4 Å². The number of nitrogens with two attached hydrogens (primary N) is 1. The first kappa shape index (κ1) is 20.4. The monoisotopic (exact) mass is 351 g/mol. The maximum absolute atomic E-state index is 11.4. The van der Waals surface area contributed by atoms with Crippen molar-refractivity contribution in [1.29, 1.82) is 0 Å². The van der Waals surface area contributed by atoms with E-state index in [0.717, 1.165) is 19.4 Å². The number of anilines is 2. The third-order valence-electron chi connectivity index (χ3n) is 3.87. The maximum atomic E-state index is 11.4. The van der Waals surface area contributed by atoms with Crippen LogP contribution in [0.1, 0.15) is 26.2 Å². The summed E-state index contributed by atoms with van der Waals surface area (Å²) in [6.45, 7) is 2.77. The fourth-order valence-corrected chi connectivity index (χ4v) is 2.20. The average molecular weight is 351 g/mol. The van der Waals surface area contributed by atoms with Crippen molar-refractivity contribution in [2.75, 3.05) is 30.9 Å². The van der Waals surface area contributed by atoms with Crippen LogP contribution in [0.4, 0.5) is 11.5 Å². The van der Waals surface area contributed by atoms with Gasteiger partial charge in [-0.25, -0.2) is 10.8 Å². The van der Waals surface area contributed by atoms with Gasteiger partial charge in [0.1, 0.15) is 5.82 Å². The predicted molar refractivity (Wildman–Crippen MR) is 93.5 cm³/mol. The lowest BCUT2D eigenvalue weighted by atomic mass is 9.98. The lowest BCUT2D eigenvalue weighted by Crippen LogP contribution is -2.39. The lowest BCUT2D eigenvalue weighted by molar-refractivity contribution is -0.141. The number of hydrogen-bond acceptors (Lipinski definition) is 7. The van der Waals surface area contributed by atoms with Gasteiger partial charge in [0, 0.05) is 20.0 Å². The number of ether oxygens (including phenoxy) is 1. The molecule has 1 unspecified atom stereocenters. The second-order valence-electron chi connectivity index (χ2n) is 5.60. The van der Waals surface area contributed by atoms with Gasteiger partial charge in [-0.05, 0) is 24.5 Å². The molecule has 0 aliphatic rings. The Bertz CT molecular complexity index is 591. The number of carbonyl (C=O) groups excluding carboxylic acids is 3. The Balaban J connectivity index is 2.56. The van der Waals surface area contributed by atoms with Crippen LogP contribution in [0.15, 0.2) is 18.3 Å². The molecule has 0 bridgehead atoms. The summed E-state index contributed by atoms with van der Waals surface area (Å²) in [5, 5.41) is 2.38. The molecule has 0 spiro atoms. The number of hydrazine groups is 1. The topological polar surface area (TPSA) is 127 Å². The minimum Gasteiger partial charge on any atom is -0.469 e. The highest BCUT2D eigenvalue weighted by Crippen LogP contribution is 2.18. The van der Waals surface area contributed by atoms with E-state index in [-0.39, 0.29) is 11.9 Å². The maximum Gasteiger partial charge on any atom is 0.323 e. The Hall–Kier alpha value is -2.68. The van der Waals surface area contributed by atoms with Gasteiger partial charge >= 0.3 is 17.8 Å². The number of rotatable bonds is 8. The number of methoxy groups -OCH3 is 1. The molecule has 1 aromatic rings. The average Bonchev–Trinajstić information content (AvgIpc) is 2.64. The molecule has 0 saturated heterocycles. The molecule has 0 fully saturated rings. The molecule has 138 valence electrons. The first-order valence-corrected chi connectivity index (χ1v) is 7.97. The molecule has 4 N–H and O–H groups in total. The van der Waals surface area contributed by atoms with E-state index in [0.29, 0.717) is 17.9 Å². The van der Waals surface area contributed by atoms with Gasteiger partial charge in [0.2, 0.25) is 0 Å². The second kappa shape index (κ2) is 10.2. The van der Waals surface area contributed by atoms with Gasteiger partial charge in [0.15, 0.2) is 0 Å².